The van der Waals surface area contributed by atoms with Crippen LogP contribution in [0.4, 0.5) is 0 Å². The van der Waals surface area contributed by atoms with E-state index in [0.717, 1.165) is 10.0 Å². The lowest BCUT2D eigenvalue weighted by Gasteiger charge is -2.41. The molecule has 2 fully saturated rings. The summed E-state index contributed by atoms with van der Waals surface area (Å²) in [6.07, 6.45) is 2.15. The second-order valence-corrected chi connectivity index (χ2v) is 13.4. The molecule has 2 aliphatic heterocycles. The van der Waals surface area contributed by atoms with Gasteiger partial charge in [0.15, 0.2) is 5.54 Å². The smallest absolute Gasteiger partial charge is 0.330 e. The Balaban J connectivity index is 1.97. The van der Waals surface area contributed by atoms with Crippen LogP contribution in [-0.2, 0) is 19.8 Å². The van der Waals surface area contributed by atoms with E-state index in [1.807, 2.05) is 26.8 Å². The second kappa shape index (κ2) is 10.2. The fraction of sp³-hybridized carbons (Fsp3) is 0.536. The molecule has 1 unspecified atom stereocenters. The molecule has 0 aliphatic carbocycles. The summed E-state index contributed by atoms with van der Waals surface area (Å²) in [6.45, 7) is 12.0. The standard InChI is InChI=1S/C28H34BrN3O5S/c1-7-11-31-24(34)19-20(25(31)35)28(26(36)37,14-15(2)3)32(21(19)22-30-10-12-38-22)23(33)16-8-9-17(18(29)13-16)27(4,5)6/h8-10,12-13,15,19-21H,7,11,14H2,1-6H3,(H,36,37)/t19-,20?,21+,28-/m0/s1. The quantitative estimate of drug-likeness (QED) is 0.431. The Labute approximate surface area is 235 Å². The molecule has 8 nitrogen and oxygen atoms in total. The average molecular weight is 605 g/mol. The van der Waals surface area contributed by atoms with Crippen molar-refractivity contribution < 1.29 is 24.3 Å². The van der Waals surface area contributed by atoms with Gasteiger partial charge in [-0.15, -0.1) is 11.3 Å². The summed E-state index contributed by atoms with van der Waals surface area (Å²) in [5.41, 5.74) is -0.808. The zero-order valence-corrected chi connectivity index (χ0v) is 24.9. The number of likely N-dealkylation sites (tertiary alicyclic amines) is 2. The zero-order chi connectivity index (χ0) is 28.2. The SMILES string of the molecule is CCCN1C(=O)C2[C@H](C1=O)[C@H](c1nccs1)N(C(=O)c1ccc(C(C)(C)C)c(Br)c1)[C@]2(CC(C)C)C(=O)O. The van der Waals surface area contributed by atoms with E-state index in [1.54, 1.807) is 23.7 Å². The fourth-order valence-electron chi connectivity index (χ4n) is 6.09. The molecule has 38 heavy (non-hydrogen) atoms. The number of carbonyl (C=O) groups is 4. The Morgan fingerprint density at radius 2 is 1.89 bits per heavy atom. The molecule has 0 bridgehead atoms. The lowest BCUT2D eigenvalue weighted by atomic mass is 9.75. The molecule has 0 saturated carbocycles. The van der Waals surface area contributed by atoms with Crippen molar-refractivity contribution in [3.63, 3.8) is 0 Å². The van der Waals surface area contributed by atoms with Gasteiger partial charge < -0.3 is 10.0 Å². The highest BCUT2D eigenvalue weighted by molar-refractivity contribution is 9.10. The Hall–Kier alpha value is -2.59. The number of aliphatic carboxylic acids is 1. The van der Waals surface area contributed by atoms with E-state index >= 15 is 0 Å². The van der Waals surface area contributed by atoms with Crippen molar-refractivity contribution in [2.75, 3.05) is 6.54 Å². The third-order valence-electron chi connectivity index (χ3n) is 7.49. The van der Waals surface area contributed by atoms with Crippen molar-refractivity contribution in [2.24, 2.45) is 17.8 Å². The predicted octanol–water partition coefficient (Wildman–Crippen LogP) is 5.28. The molecule has 1 aromatic carbocycles. The second-order valence-electron chi connectivity index (χ2n) is 11.6. The van der Waals surface area contributed by atoms with Crippen molar-refractivity contribution in [1.29, 1.82) is 0 Å². The van der Waals surface area contributed by atoms with E-state index in [4.69, 9.17) is 0 Å². The van der Waals surface area contributed by atoms with Crippen LogP contribution in [0.25, 0.3) is 0 Å². The van der Waals surface area contributed by atoms with Crippen molar-refractivity contribution >= 4 is 51.0 Å². The molecule has 4 rings (SSSR count). The zero-order valence-electron chi connectivity index (χ0n) is 22.5. The highest BCUT2D eigenvalue weighted by atomic mass is 79.9. The number of carboxylic acids is 1. The number of carboxylic acid groups (broad SMARTS) is 1. The Morgan fingerprint density at radius 1 is 1.21 bits per heavy atom. The largest absolute Gasteiger partial charge is 0.479 e. The normalized spacial score (nSPS) is 25.4. The minimum Gasteiger partial charge on any atom is -0.479 e. The number of imide groups is 1. The van der Waals surface area contributed by atoms with Gasteiger partial charge in [0.1, 0.15) is 5.01 Å². The number of benzene rings is 1. The molecule has 1 aromatic heterocycles. The number of fused-ring (bicyclic) bond motifs is 1. The van der Waals surface area contributed by atoms with Crippen LogP contribution in [0.15, 0.2) is 34.2 Å². The lowest BCUT2D eigenvalue weighted by Crippen LogP contribution is -2.60. The Morgan fingerprint density at radius 3 is 2.39 bits per heavy atom. The molecule has 1 N–H and O–H groups in total. The summed E-state index contributed by atoms with van der Waals surface area (Å²) in [5, 5.41) is 13.0. The third kappa shape index (κ3) is 4.39. The van der Waals surface area contributed by atoms with E-state index in [0.29, 0.717) is 11.4 Å². The molecular weight excluding hydrogens is 570 g/mol. The maximum absolute atomic E-state index is 14.4. The lowest BCUT2D eigenvalue weighted by molar-refractivity contribution is -0.157. The van der Waals surface area contributed by atoms with Crippen LogP contribution in [0.5, 0.6) is 0 Å². The Kier molecular flexibility index (Phi) is 7.62. The number of hydrogen-bond donors (Lipinski definition) is 1. The van der Waals surface area contributed by atoms with Crippen LogP contribution in [0, 0.1) is 17.8 Å². The topological polar surface area (TPSA) is 108 Å². The van der Waals surface area contributed by atoms with Crippen LogP contribution in [0.3, 0.4) is 0 Å². The van der Waals surface area contributed by atoms with Crippen LogP contribution < -0.4 is 0 Å². The van der Waals surface area contributed by atoms with Gasteiger partial charge in [0, 0.05) is 28.2 Å². The monoisotopic (exact) mass is 603 g/mol. The maximum Gasteiger partial charge on any atom is 0.330 e. The first kappa shape index (κ1) is 28.4. The summed E-state index contributed by atoms with van der Waals surface area (Å²) < 4.78 is 0.729. The number of carbonyl (C=O) groups excluding carboxylic acids is 3. The minimum absolute atomic E-state index is 0.0251. The van der Waals surface area contributed by atoms with E-state index in [2.05, 4.69) is 41.7 Å². The highest BCUT2D eigenvalue weighted by Gasteiger charge is 2.73. The number of nitrogens with zero attached hydrogens (tertiary/aromatic N) is 3. The first-order chi connectivity index (χ1) is 17.8. The molecule has 3 amide bonds. The molecule has 4 atom stereocenters. The van der Waals surface area contributed by atoms with Crippen molar-refractivity contribution in [3.8, 4) is 0 Å². The van der Waals surface area contributed by atoms with Gasteiger partial charge in [-0.05, 0) is 41.9 Å². The molecule has 2 aliphatic rings. The van der Waals surface area contributed by atoms with Gasteiger partial charge >= 0.3 is 5.97 Å². The van der Waals surface area contributed by atoms with E-state index in [1.165, 1.54) is 21.1 Å². The van der Waals surface area contributed by atoms with Gasteiger partial charge in [-0.25, -0.2) is 9.78 Å². The number of halogens is 1. The predicted molar refractivity (Wildman–Crippen MR) is 148 cm³/mol. The molecule has 2 saturated heterocycles. The third-order valence-corrected chi connectivity index (χ3v) is 8.99. The van der Waals surface area contributed by atoms with Crippen LogP contribution in [0.1, 0.15) is 81.4 Å². The van der Waals surface area contributed by atoms with Crippen molar-refractivity contribution in [3.05, 3.63) is 50.4 Å². The maximum atomic E-state index is 14.4. The molecular formula is C28H34BrN3O5S. The van der Waals surface area contributed by atoms with Crippen molar-refractivity contribution in [1.82, 2.24) is 14.8 Å². The summed E-state index contributed by atoms with van der Waals surface area (Å²) in [4.78, 5) is 62.2. The number of rotatable bonds is 7. The first-order valence-electron chi connectivity index (χ1n) is 12.9. The van der Waals surface area contributed by atoms with Gasteiger partial charge in [-0.1, -0.05) is 63.5 Å². The van der Waals surface area contributed by atoms with Gasteiger partial charge in [0.25, 0.3) is 5.91 Å². The molecule has 3 heterocycles. The van der Waals surface area contributed by atoms with Gasteiger partial charge in [-0.3, -0.25) is 19.3 Å². The van der Waals surface area contributed by atoms with Crippen LogP contribution in [0.2, 0.25) is 0 Å². The average Bonchev–Trinajstić information content (AvgIpc) is 3.50. The summed E-state index contributed by atoms with van der Waals surface area (Å²) >= 11 is 4.85. The first-order valence-corrected chi connectivity index (χ1v) is 14.6. The van der Waals surface area contributed by atoms with Crippen LogP contribution >= 0.6 is 27.3 Å². The summed E-state index contributed by atoms with van der Waals surface area (Å²) in [5.74, 6) is -5.16. The number of amides is 3. The molecule has 0 spiro atoms. The highest BCUT2D eigenvalue weighted by Crippen LogP contribution is 2.58. The van der Waals surface area contributed by atoms with Gasteiger partial charge in [-0.2, -0.15) is 0 Å². The van der Waals surface area contributed by atoms with Gasteiger partial charge in [0.05, 0.1) is 17.9 Å². The van der Waals surface area contributed by atoms with E-state index in [-0.39, 0.29) is 29.9 Å². The minimum atomic E-state index is -1.91. The summed E-state index contributed by atoms with van der Waals surface area (Å²) in [6, 6.07) is 4.28. The number of hydrogen-bond acceptors (Lipinski definition) is 6. The summed E-state index contributed by atoms with van der Waals surface area (Å²) in [7, 11) is 0. The number of thiazole rings is 1. The molecule has 204 valence electrons. The molecule has 0 radical (unpaired) electrons. The van der Waals surface area contributed by atoms with Crippen LogP contribution in [-0.4, -0.2) is 55.7 Å². The van der Waals surface area contributed by atoms with Crippen molar-refractivity contribution in [2.45, 2.75) is 71.4 Å². The fourth-order valence-corrected chi connectivity index (χ4v) is 7.84. The van der Waals surface area contributed by atoms with E-state index < -0.39 is 47.1 Å². The molecule has 2 aromatic rings. The Bertz CT molecular complexity index is 1270. The number of aromatic nitrogens is 1. The molecule has 10 heteroatoms. The van der Waals surface area contributed by atoms with E-state index in [9.17, 15) is 24.3 Å². The van der Waals surface area contributed by atoms with Gasteiger partial charge in [0.2, 0.25) is 11.8 Å².